The highest BCUT2D eigenvalue weighted by Crippen LogP contribution is 2.33. The maximum Gasteiger partial charge on any atom is 0.248 e. The molecule has 1 heterocycles. The molecule has 2 unspecified atom stereocenters. The minimum Gasteiger partial charge on any atom is -0.392 e. The van der Waals surface area contributed by atoms with E-state index in [0.717, 1.165) is 11.1 Å². The zero-order valence-electron chi connectivity index (χ0n) is 12.7. The number of hydrogen-bond donors (Lipinski definition) is 2. The van der Waals surface area contributed by atoms with E-state index >= 15 is 0 Å². The number of rotatable bonds is 4. The topological polar surface area (TPSA) is 66.6 Å². The molecule has 0 saturated carbocycles. The molecule has 23 heavy (non-hydrogen) atoms. The second-order valence-corrected chi connectivity index (χ2v) is 5.95. The van der Waals surface area contributed by atoms with Gasteiger partial charge in [-0.15, -0.1) is 0 Å². The largest absolute Gasteiger partial charge is 0.392 e. The third-order valence-corrected chi connectivity index (χ3v) is 4.26. The van der Waals surface area contributed by atoms with Gasteiger partial charge in [-0.1, -0.05) is 24.3 Å². The van der Waals surface area contributed by atoms with Gasteiger partial charge in [-0.25, -0.2) is 4.39 Å². The number of primary amides is 1. The van der Waals surface area contributed by atoms with Crippen molar-refractivity contribution in [2.24, 2.45) is 5.73 Å². The van der Waals surface area contributed by atoms with E-state index in [1.807, 2.05) is 12.1 Å². The van der Waals surface area contributed by atoms with Crippen LogP contribution >= 0.6 is 0 Å². The predicted octanol–water partition coefficient (Wildman–Crippen LogP) is 2.23. The first-order valence-corrected chi connectivity index (χ1v) is 7.59. The van der Waals surface area contributed by atoms with Gasteiger partial charge in [0.25, 0.3) is 0 Å². The van der Waals surface area contributed by atoms with Crippen LogP contribution < -0.4 is 5.73 Å². The van der Waals surface area contributed by atoms with Crippen LogP contribution in [0.5, 0.6) is 0 Å². The first kappa shape index (κ1) is 15.6. The molecule has 5 heteroatoms. The van der Waals surface area contributed by atoms with Crippen LogP contribution in [0.3, 0.4) is 0 Å². The standard InChI is InChI=1S/C18H19FN2O2/c19-15-7-5-13(6-8-15)17-9-16(22)11-21(17)10-12-1-3-14(4-2-12)18(20)23/h1-8,16-17,22H,9-11H2,(H2,20,23). The molecule has 1 saturated heterocycles. The van der Waals surface area contributed by atoms with Crippen molar-refractivity contribution in [3.05, 3.63) is 71.0 Å². The lowest BCUT2D eigenvalue weighted by molar-refractivity contribution is 0.1000. The molecule has 2 aromatic rings. The molecule has 3 N–H and O–H groups in total. The Morgan fingerprint density at radius 2 is 1.83 bits per heavy atom. The monoisotopic (exact) mass is 314 g/mol. The molecule has 1 amide bonds. The Labute approximate surface area is 134 Å². The van der Waals surface area contributed by atoms with Gasteiger partial charge >= 0.3 is 0 Å². The summed E-state index contributed by atoms with van der Waals surface area (Å²) in [5, 5.41) is 10.0. The van der Waals surface area contributed by atoms with Gasteiger partial charge in [-0.3, -0.25) is 9.69 Å². The SMILES string of the molecule is NC(=O)c1ccc(CN2CC(O)CC2c2ccc(F)cc2)cc1. The molecule has 0 radical (unpaired) electrons. The highest BCUT2D eigenvalue weighted by molar-refractivity contribution is 5.92. The number of aliphatic hydroxyl groups is 1. The van der Waals surface area contributed by atoms with Crippen LogP contribution in [0, 0.1) is 5.82 Å². The van der Waals surface area contributed by atoms with Gasteiger partial charge in [-0.2, -0.15) is 0 Å². The summed E-state index contributed by atoms with van der Waals surface area (Å²) in [6, 6.07) is 13.6. The summed E-state index contributed by atoms with van der Waals surface area (Å²) < 4.78 is 13.1. The fourth-order valence-corrected chi connectivity index (χ4v) is 3.09. The van der Waals surface area contributed by atoms with Gasteiger partial charge in [0.1, 0.15) is 5.82 Å². The van der Waals surface area contributed by atoms with Gasteiger partial charge in [0, 0.05) is 24.7 Å². The Balaban J connectivity index is 1.77. The number of likely N-dealkylation sites (tertiary alicyclic amines) is 1. The molecule has 1 aliphatic heterocycles. The lowest BCUT2D eigenvalue weighted by atomic mass is 10.0. The van der Waals surface area contributed by atoms with Gasteiger partial charge in [0.2, 0.25) is 5.91 Å². The summed E-state index contributed by atoms with van der Waals surface area (Å²) in [5.41, 5.74) is 7.76. The first-order chi connectivity index (χ1) is 11.0. The number of amides is 1. The second kappa shape index (κ2) is 6.48. The number of halogens is 1. The van der Waals surface area contributed by atoms with Crippen molar-refractivity contribution in [1.29, 1.82) is 0 Å². The van der Waals surface area contributed by atoms with Crippen molar-refractivity contribution in [3.8, 4) is 0 Å². The molecule has 0 aliphatic carbocycles. The van der Waals surface area contributed by atoms with Gasteiger partial charge in [0.05, 0.1) is 6.10 Å². The minimum atomic E-state index is -0.447. The molecule has 0 spiro atoms. The van der Waals surface area contributed by atoms with Crippen LogP contribution in [0.4, 0.5) is 4.39 Å². The number of carbonyl (C=O) groups is 1. The molecule has 2 atom stereocenters. The van der Waals surface area contributed by atoms with Crippen molar-refractivity contribution in [2.45, 2.75) is 25.1 Å². The van der Waals surface area contributed by atoms with Crippen molar-refractivity contribution < 1.29 is 14.3 Å². The lowest BCUT2D eigenvalue weighted by Gasteiger charge is -2.24. The lowest BCUT2D eigenvalue weighted by Crippen LogP contribution is -2.24. The molecule has 0 aromatic heterocycles. The zero-order valence-corrected chi connectivity index (χ0v) is 12.7. The van der Waals surface area contributed by atoms with Crippen LogP contribution in [0.1, 0.15) is 33.9 Å². The summed E-state index contributed by atoms with van der Waals surface area (Å²) in [7, 11) is 0. The van der Waals surface area contributed by atoms with Crippen molar-refractivity contribution >= 4 is 5.91 Å². The summed E-state index contributed by atoms with van der Waals surface area (Å²) in [6.45, 7) is 1.22. The Bertz CT molecular complexity index is 685. The maximum atomic E-state index is 13.1. The first-order valence-electron chi connectivity index (χ1n) is 7.59. The van der Waals surface area contributed by atoms with Crippen molar-refractivity contribution in [1.82, 2.24) is 4.90 Å². The van der Waals surface area contributed by atoms with E-state index in [1.54, 1.807) is 24.3 Å². The van der Waals surface area contributed by atoms with E-state index in [2.05, 4.69) is 4.90 Å². The highest BCUT2D eigenvalue weighted by atomic mass is 19.1. The Hall–Kier alpha value is -2.24. The van der Waals surface area contributed by atoms with Crippen LogP contribution in [0.25, 0.3) is 0 Å². The Morgan fingerprint density at radius 1 is 1.17 bits per heavy atom. The normalized spacial score (nSPS) is 21.5. The second-order valence-electron chi connectivity index (χ2n) is 5.95. The third-order valence-electron chi connectivity index (χ3n) is 4.26. The molecule has 1 aliphatic rings. The van der Waals surface area contributed by atoms with Gasteiger partial charge in [-0.05, 0) is 41.8 Å². The van der Waals surface area contributed by atoms with Gasteiger partial charge < -0.3 is 10.8 Å². The third kappa shape index (κ3) is 3.57. The number of aliphatic hydroxyl groups excluding tert-OH is 1. The van der Waals surface area contributed by atoms with E-state index in [0.29, 0.717) is 25.1 Å². The Kier molecular flexibility index (Phi) is 4.41. The highest BCUT2D eigenvalue weighted by Gasteiger charge is 2.31. The zero-order chi connectivity index (χ0) is 16.4. The quantitative estimate of drug-likeness (QED) is 0.909. The summed E-state index contributed by atoms with van der Waals surface area (Å²) >= 11 is 0. The molecule has 0 bridgehead atoms. The van der Waals surface area contributed by atoms with Crippen LogP contribution in [0.2, 0.25) is 0 Å². The summed E-state index contributed by atoms with van der Waals surface area (Å²) in [6.07, 6.45) is 0.236. The average molecular weight is 314 g/mol. The summed E-state index contributed by atoms with van der Waals surface area (Å²) in [5.74, 6) is -0.710. The molecular formula is C18H19FN2O2. The average Bonchev–Trinajstić information content (AvgIpc) is 2.89. The van der Waals surface area contributed by atoms with Crippen molar-refractivity contribution in [2.75, 3.05) is 6.54 Å². The molecular weight excluding hydrogens is 295 g/mol. The fourth-order valence-electron chi connectivity index (χ4n) is 3.09. The fraction of sp³-hybridized carbons (Fsp3) is 0.278. The number of β-amino-alcohol motifs (C(OH)–C–C–N with tert-alkyl or cyclic N) is 1. The molecule has 2 aromatic carbocycles. The smallest absolute Gasteiger partial charge is 0.248 e. The molecule has 1 fully saturated rings. The number of benzene rings is 2. The van der Waals surface area contributed by atoms with E-state index in [4.69, 9.17) is 5.73 Å². The number of hydrogen-bond acceptors (Lipinski definition) is 3. The molecule has 3 rings (SSSR count). The van der Waals surface area contributed by atoms with E-state index in [-0.39, 0.29) is 11.9 Å². The number of nitrogens with two attached hydrogens (primary N) is 1. The van der Waals surface area contributed by atoms with Gasteiger partial charge in [0.15, 0.2) is 0 Å². The predicted molar refractivity (Wildman–Crippen MR) is 85.1 cm³/mol. The summed E-state index contributed by atoms with van der Waals surface area (Å²) in [4.78, 5) is 13.3. The van der Waals surface area contributed by atoms with E-state index in [1.165, 1.54) is 12.1 Å². The van der Waals surface area contributed by atoms with Crippen molar-refractivity contribution in [3.63, 3.8) is 0 Å². The Morgan fingerprint density at radius 3 is 2.43 bits per heavy atom. The van der Waals surface area contributed by atoms with Crippen LogP contribution in [-0.2, 0) is 6.54 Å². The van der Waals surface area contributed by atoms with Crippen LogP contribution in [0.15, 0.2) is 48.5 Å². The maximum absolute atomic E-state index is 13.1. The number of nitrogens with zero attached hydrogens (tertiary/aromatic N) is 1. The molecule has 120 valence electrons. The molecule has 4 nitrogen and oxygen atoms in total. The van der Waals surface area contributed by atoms with E-state index in [9.17, 15) is 14.3 Å². The van der Waals surface area contributed by atoms with E-state index < -0.39 is 12.0 Å². The minimum absolute atomic E-state index is 0.0569. The van der Waals surface area contributed by atoms with Crippen LogP contribution in [-0.4, -0.2) is 28.6 Å². The number of carbonyl (C=O) groups excluding carboxylic acids is 1.